The summed E-state index contributed by atoms with van der Waals surface area (Å²) in [6.45, 7) is 1.45. The van der Waals surface area contributed by atoms with Crippen LogP contribution in [0.15, 0.2) is 40.2 Å². The van der Waals surface area contributed by atoms with Crippen molar-refractivity contribution < 1.29 is 9.53 Å². The van der Waals surface area contributed by atoms with Gasteiger partial charge < -0.3 is 9.64 Å². The lowest BCUT2D eigenvalue weighted by Crippen LogP contribution is -2.46. The molecule has 0 aromatic carbocycles. The van der Waals surface area contributed by atoms with E-state index < -0.39 is 11.2 Å². The van der Waals surface area contributed by atoms with Gasteiger partial charge in [-0.05, 0) is 24.5 Å². The highest BCUT2D eigenvalue weighted by Gasteiger charge is 2.27. The number of nitrogens with zero attached hydrogens (tertiary/aromatic N) is 4. The van der Waals surface area contributed by atoms with E-state index in [0.29, 0.717) is 19.7 Å². The molecule has 8 nitrogen and oxygen atoms in total. The molecule has 0 spiro atoms. The third-order valence-corrected chi connectivity index (χ3v) is 4.62. The quantitative estimate of drug-likeness (QED) is 0.785. The van der Waals surface area contributed by atoms with Crippen LogP contribution in [0.1, 0.15) is 28.9 Å². The predicted octanol–water partition coefficient (Wildman–Crippen LogP) is 0.300. The van der Waals surface area contributed by atoms with Gasteiger partial charge in [-0.15, -0.1) is 0 Å². The van der Waals surface area contributed by atoms with Crippen molar-refractivity contribution in [1.82, 2.24) is 19.0 Å². The lowest BCUT2D eigenvalue weighted by atomic mass is 10.1. The number of carbonyl (C=O) groups excluding carboxylic acids is 1. The third kappa shape index (κ3) is 3.75. The Balaban J connectivity index is 1.70. The Morgan fingerprint density at radius 3 is 2.85 bits per heavy atom. The minimum Gasteiger partial charge on any atom is -0.372 e. The highest BCUT2D eigenvalue weighted by molar-refractivity contribution is 5.92. The Labute approximate surface area is 150 Å². The van der Waals surface area contributed by atoms with Gasteiger partial charge in [-0.2, -0.15) is 0 Å². The maximum atomic E-state index is 12.8. The van der Waals surface area contributed by atoms with Crippen molar-refractivity contribution in [3.05, 3.63) is 62.7 Å². The second kappa shape index (κ2) is 7.65. The van der Waals surface area contributed by atoms with Crippen LogP contribution < -0.4 is 11.2 Å². The summed E-state index contributed by atoms with van der Waals surface area (Å²) in [7, 11) is 2.89. The lowest BCUT2D eigenvalue weighted by molar-refractivity contribution is -0.00713. The van der Waals surface area contributed by atoms with Crippen LogP contribution >= 0.6 is 0 Å². The number of carbonyl (C=O) groups is 1. The average Bonchev–Trinajstić information content (AvgIpc) is 2.68. The Bertz CT molecular complexity index is 904. The number of hydrogen-bond donors (Lipinski definition) is 0. The Morgan fingerprint density at radius 1 is 1.31 bits per heavy atom. The summed E-state index contributed by atoms with van der Waals surface area (Å²) in [5, 5.41) is 0. The molecule has 0 unspecified atom stereocenters. The number of hydrogen-bond acceptors (Lipinski definition) is 5. The normalized spacial score (nSPS) is 17.3. The van der Waals surface area contributed by atoms with Crippen molar-refractivity contribution in [2.75, 3.05) is 13.1 Å². The molecule has 2 aromatic heterocycles. The molecule has 3 rings (SSSR count). The Morgan fingerprint density at radius 2 is 2.12 bits per heavy atom. The summed E-state index contributed by atoms with van der Waals surface area (Å²) < 4.78 is 8.10. The topological polar surface area (TPSA) is 86.4 Å². The van der Waals surface area contributed by atoms with Gasteiger partial charge in [-0.25, -0.2) is 4.79 Å². The first-order valence-electron chi connectivity index (χ1n) is 8.54. The van der Waals surface area contributed by atoms with Crippen LogP contribution in [-0.2, 0) is 25.4 Å². The van der Waals surface area contributed by atoms with Gasteiger partial charge in [0, 0.05) is 45.6 Å². The van der Waals surface area contributed by atoms with E-state index in [0.717, 1.165) is 23.0 Å². The van der Waals surface area contributed by atoms with E-state index in [2.05, 4.69) is 4.98 Å². The fourth-order valence-electron chi connectivity index (χ4n) is 3.06. The monoisotopic (exact) mass is 358 g/mol. The van der Waals surface area contributed by atoms with Gasteiger partial charge in [0.2, 0.25) is 0 Å². The lowest BCUT2D eigenvalue weighted by Gasteiger charge is -2.33. The van der Waals surface area contributed by atoms with Gasteiger partial charge in [0.15, 0.2) is 0 Å². The molecule has 0 aliphatic carbocycles. The molecule has 1 aliphatic heterocycles. The van der Waals surface area contributed by atoms with Crippen LogP contribution in [0.5, 0.6) is 0 Å². The van der Waals surface area contributed by atoms with E-state index in [9.17, 15) is 14.4 Å². The molecule has 26 heavy (non-hydrogen) atoms. The fraction of sp³-hybridized carbons (Fsp3) is 0.444. The predicted molar refractivity (Wildman–Crippen MR) is 94.9 cm³/mol. The SMILES string of the molecule is Cn1c(C(=O)N2CCC[C@H](OCc3cccnc3)C2)cc(=O)n(C)c1=O. The highest BCUT2D eigenvalue weighted by Crippen LogP contribution is 2.16. The van der Waals surface area contributed by atoms with Gasteiger partial charge in [0.05, 0.1) is 12.7 Å². The molecular formula is C18H22N4O4. The standard InChI is InChI=1S/C18H22N4O4/c1-20-15(9-16(23)21(2)18(20)25)17(24)22-8-4-6-14(11-22)26-12-13-5-3-7-19-10-13/h3,5,7,9-10,14H,4,6,8,11-12H2,1-2H3/t14-/m0/s1. The maximum Gasteiger partial charge on any atom is 0.331 e. The molecule has 0 N–H and O–H groups in total. The van der Waals surface area contributed by atoms with Crippen molar-refractivity contribution in [3.8, 4) is 0 Å². The maximum absolute atomic E-state index is 12.8. The second-order valence-electron chi connectivity index (χ2n) is 6.46. The smallest absolute Gasteiger partial charge is 0.331 e. The van der Waals surface area contributed by atoms with E-state index >= 15 is 0 Å². The summed E-state index contributed by atoms with van der Waals surface area (Å²) in [5.41, 5.74) is 0.0796. The van der Waals surface area contributed by atoms with Crippen LogP contribution in [0.4, 0.5) is 0 Å². The summed E-state index contributed by atoms with van der Waals surface area (Å²) >= 11 is 0. The van der Waals surface area contributed by atoms with E-state index in [1.165, 1.54) is 24.7 Å². The number of aromatic nitrogens is 3. The van der Waals surface area contributed by atoms with E-state index in [-0.39, 0.29) is 17.7 Å². The molecule has 0 saturated carbocycles. The number of likely N-dealkylation sites (tertiary alicyclic amines) is 1. The summed E-state index contributed by atoms with van der Waals surface area (Å²) in [6.07, 6.45) is 5.04. The van der Waals surface area contributed by atoms with E-state index in [4.69, 9.17) is 4.74 Å². The van der Waals surface area contributed by atoms with Gasteiger partial charge >= 0.3 is 5.69 Å². The first-order valence-corrected chi connectivity index (χ1v) is 8.54. The molecule has 0 bridgehead atoms. The van der Waals surface area contributed by atoms with Gasteiger partial charge in [0.1, 0.15) is 5.69 Å². The number of rotatable bonds is 4. The number of amides is 1. The first-order chi connectivity index (χ1) is 12.5. The molecule has 8 heteroatoms. The minimum absolute atomic E-state index is 0.0866. The summed E-state index contributed by atoms with van der Waals surface area (Å²) in [4.78, 5) is 42.4. The van der Waals surface area contributed by atoms with Crippen molar-refractivity contribution in [3.63, 3.8) is 0 Å². The number of ether oxygens (including phenoxy) is 1. The third-order valence-electron chi connectivity index (χ3n) is 4.62. The van der Waals surface area contributed by atoms with Crippen LogP contribution in [0.2, 0.25) is 0 Å². The van der Waals surface area contributed by atoms with Crippen LogP contribution in [0.3, 0.4) is 0 Å². The first kappa shape index (κ1) is 18.1. The molecule has 1 saturated heterocycles. The van der Waals surface area contributed by atoms with E-state index in [1.807, 2.05) is 12.1 Å². The number of piperidine rings is 1. The second-order valence-corrected chi connectivity index (χ2v) is 6.46. The fourth-order valence-corrected chi connectivity index (χ4v) is 3.06. The van der Waals surface area contributed by atoms with Crippen molar-refractivity contribution >= 4 is 5.91 Å². The highest BCUT2D eigenvalue weighted by atomic mass is 16.5. The summed E-state index contributed by atoms with van der Waals surface area (Å²) in [6, 6.07) is 5.00. The Hall–Kier alpha value is -2.74. The zero-order chi connectivity index (χ0) is 18.7. The Kier molecular flexibility index (Phi) is 5.32. The van der Waals surface area contributed by atoms with Gasteiger partial charge in [-0.3, -0.25) is 23.7 Å². The molecule has 3 heterocycles. The number of pyridine rings is 1. The molecule has 2 aromatic rings. The van der Waals surface area contributed by atoms with Crippen LogP contribution in [0.25, 0.3) is 0 Å². The molecular weight excluding hydrogens is 336 g/mol. The van der Waals surface area contributed by atoms with Gasteiger partial charge in [-0.1, -0.05) is 6.07 Å². The van der Waals surface area contributed by atoms with Crippen molar-refractivity contribution in [2.24, 2.45) is 14.1 Å². The molecule has 1 fully saturated rings. The molecule has 1 atom stereocenters. The van der Waals surface area contributed by atoms with Gasteiger partial charge in [0.25, 0.3) is 11.5 Å². The molecule has 0 radical (unpaired) electrons. The zero-order valence-electron chi connectivity index (χ0n) is 14.9. The molecule has 138 valence electrons. The largest absolute Gasteiger partial charge is 0.372 e. The zero-order valence-corrected chi connectivity index (χ0v) is 14.9. The van der Waals surface area contributed by atoms with Crippen LogP contribution in [-0.4, -0.2) is 44.1 Å². The molecule has 1 aliphatic rings. The van der Waals surface area contributed by atoms with E-state index in [1.54, 1.807) is 17.3 Å². The van der Waals surface area contributed by atoms with Crippen molar-refractivity contribution in [1.29, 1.82) is 0 Å². The minimum atomic E-state index is -0.512. The summed E-state index contributed by atoms with van der Waals surface area (Å²) in [5.74, 6) is -0.322. The van der Waals surface area contributed by atoms with Crippen LogP contribution in [0, 0.1) is 0 Å². The molecule has 1 amide bonds. The average molecular weight is 358 g/mol. The van der Waals surface area contributed by atoms with Crippen molar-refractivity contribution in [2.45, 2.75) is 25.6 Å².